The number of halogens is 3. The number of aromatic hydroxyl groups is 1. The molecule has 0 heterocycles. The van der Waals surface area contributed by atoms with Gasteiger partial charge in [-0.3, -0.25) is 0 Å². The van der Waals surface area contributed by atoms with E-state index in [-0.39, 0.29) is 27.7 Å². The molecule has 3 nitrogen and oxygen atoms in total. The Labute approximate surface area is 132 Å². The van der Waals surface area contributed by atoms with E-state index in [4.69, 9.17) is 27.9 Å². The van der Waals surface area contributed by atoms with Crippen LogP contribution in [0.25, 0.3) is 0 Å². The number of hydrogen-bond acceptors (Lipinski definition) is 3. The lowest BCUT2D eigenvalue weighted by molar-refractivity contribution is 0.410. The predicted octanol–water partition coefficient (Wildman–Crippen LogP) is 5.02. The maximum absolute atomic E-state index is 14.0. The number of hydrogen-bond donors (Lipinski definition) is 2. The quantitative estimate of drug-likeness (QED) is 0.774. The molecule has 112 valence electrons. The molecule has 6 heteroatoms. The minimum absolute atomic E-state index is 0.132. The van der Waals surface area contributed by atoms with Crippen LogP contribution in [0.15, 0.2) is 30.3 Å². The molecule has 0 fully saturated rings. The number of rotatable bonds is 4. The van der Waals surface area contributed by atoms with E-state index in [2.05, 4.69) is 5.32 Å². The second-order valence-corrected chi connectivity index (χ2v) is 5.36. The number of methoxy groups -OCH3 is 1. The van der Waals surface area contributed by atoms with Crippen molar-refractivity contribution in [3.8, 4) is 11.5 Å². The van der Waals surface area contributed by atoms with Gasteiger partial charge in [-0.2, -0.15) is 0 Å². The highest BCUT2D eigenvalue weighted by Gasteiger charge is 2.13. The lowest BCUT2D eigenvalue weighted by Crippen LogP contribution is -2.08. The Morgan fingerprint density at radius 2 is 1.81 bits per heavy atom. The van der Waals surface area contributed by atoms with Gasteiger partial charge in [0.2, 0.25) is 0 Å². The fourth-order valence-electron chi connectivity index (χ4n) is 1.96. The van der Waals surface area contributed by atoms with Crippen LogP contribution in [0.3, 0.4) is 0 Å². The highest BCUT2D eigenvalue weighted by Crippen LogP contribution is 2.36. The Balaban J connectivity index is 2.23. The van der Waals surface area contributed by atoms with E-state index in [1.165, 1.54) is 25.3 Å². The molecule has 0 spiro atoms. The van der Waals surface area contributed by atoms with E-state index >= 15 is 0 Å². The third-order valence-electron chi connectivity index (χ3n) is 3.07. The summed E-state index contributed by atoms with van der Waals surface area (Å²) in [6.45, 7) is 1.81. The lowest BCUT2D eigenvalue weighted by atomic mass is 10.1. The van der Waals surface area contributed by atoms with Crippen LogP contribution in [0.5, 0.6) is 11.5 Å². The van der Waals surface area contributed by atoms with Crippen LogP contribution in [-0.2, 0) is 0 Å². The monoisotopic (exact) mass is 329 g/mol. The number of ether oxygens (including phenoxy) is 1. The molecule has 0 saturated carbocycles. The second-order valence-electron chi connectivity index (χ2n) is 4.54. The number of phenols is 1. The van der Waals surface area contributed by atoms with Gasteiger partial charge in [-0.05, 0) is 25.1 Å². The van der Waals surface area contributed by atoms with Crippen LogP contribution in [-0.4, -0.2) is 12.2 Å². The molecule has 1 unspecified atom stereocenters. The fraction of sp³-hybridized carbons (Fsp3) is 0.200. The lowest BCUT2D eigenvalue weighted by Gasteiger charge is -2.17. The van der Waals surface area contributed by atoms with Crippen molar-refractivity contribution in [3.05, 3.63) is 51.8 Å². The Morgan fingerprint density at radius 3 is 2.33 bits per heavy atom. The first kappa shape index (κ1) is 15.7. The largest absolute Gasteiger partial charge is 0.505 e. The molecule has 0 bridgehead atoms. The van der Waals surface area contributed by atoms with Crippen molar-refractivity contribution < 1.29 is 14.2 Å². The maximum Gasteiger partial charge on any atom is 0.152 e. The zero-order valence-electron chi connectivity index (χ0n) is 11.5. The molecule has 0 saturated heterocycles. The zero-order valence-corrected chi connectivity index (χ0v) is 13.0. The van der Waals surface area contributed by atoms with Gasteiger partial charge in [0.15, 0.2) is 5.75 Å². The van der Waals surface area contributed by atoms with Crippen LogP contribution in [0.1, 0.15) is 18.5 Å². The number of anilines is 1. The molecule has 21 heavy (non-hydrogen) atoms. The molecule has 0 aliphatic rings. The molecule has 1 atom stereocenters. The van der Waals surface area contributed by atoms with Crippen LogP contribution in [0, 0.1) is 5.82 Å². The van der Waals surface area contributed by atoms with Crippen LogP contribution >= 0.6 is 23.2 Å². The van der Waals surface area contributed by atoms with Gasteiger partial charge in [-0.1, -0.05) is 29.3 Å². The van der Waals surface area contributed by atoms with Crippen molar-refractivity contribution in [3.63, 3.8) is 0 Å². The van der Waals surface area contributed by atoms with E-state index < -0.39 is 0 Å². The van der Waals surface area contributed by atoms with Gasteiger partial charge in [0.05, 0.1) is 23.2 Å². The molecule has 0 aromatic heterocycles. The first-order valence-electron chi connectivity index (χ1n) is 6.20. The van der Waals surface area contributed by atoms with Gasteiger partial charge in [-0.25, -0.2) is 4.39 Å². The summed E-state index contributed by atoms with van der Waals surface area (Å²) in [6, 6.07) is 7.40. The highest BCUT2D eigenvalue weighted by molar-refractivity contribution is 6.37. The summed E-state index contributed by atoms with van der Waals surface area (Å²) in [5.74, 6) is -0.0864. The van der Waals surface area contributed by atoms with Gasteiger partial charge >= 0.3 is 0 Å². The van der Waals surface area contributed by atoms with Gasteiger partial charge in [0.25, 0.3) is 0 Å². The summed E-state index contributed by atoms with van der Waals surface area (Å²) in [7, 11) is 1.48. The Kier molecular flexibility index (Phi) is 4.80. The van der Waals surface area contributed by atoms with Crippen LogP contribution in [0.2, 0.25) is 10.0 Å². The predicted molar refractivity (Wildman–Crippen MR) is 83.1 cm³/mol. The molecular formula is C15H14Cl2FNO2. The average Bonchev–Trinajstić information content (AvgIpc) is 2.44. The smallest absolute Gasteiger partial charge is 0.152 e. The maximum atomic E-state index is 14.0. The molecule has 0 radical (unpaired) electrons. The van der Waals surface area contributed by atoms with E-state index in [1.807, 2.05) is 0 Å². The van der Waals surface area contributed by atoms with Crippen molar-refractivity contribution in [1.29, 1.82) is 0 Å². The second kappa shape index (κ2) is 6.41. The molecule has 0 amide bonds. The first-order chi connectivity index (χ1) is 9.92. The van der Waals surface area contributed by atoms with E-state index in [0.717, 1.165) is 0 Å². The summed E-state index contributed by atoms with van der Waals surface area (Å²) in [5, 5.41) is 12.9. The van der Waals surface area contributed by atoms with Gasteiger partial charge in [-0.15, -0.1) is 0 Å². The van der Waals surface area contributed by atoms with E-state index in [0.29, 0.717) is 17.0 Å². The summed E-state index contributed by atoms with van der Waals surface area (Å²) >= 11 is 11.7. The Bertz CT molecular complexity index is 641. The standard InChI is InChI=1S/C15H14Cl2FNO2/c1-8(11-4-3-10(21-2)7-14(11)18)19-9-5-12(16)15(20)13(17)6-9/h3-8,19-20H,1-2H3. The summed E-state index contributed by atoms with van der Waals surface area (Å²) in [5.41, 5.74) is 1.07. The first-order valence-corrected chi connectivity index (χ1v) is 6.96. The topological polar surface area (TPSA) is 41.5 Å². The SMILES string of the molecule is COc1ccc(C(C)Nc2cc(Cl)c(O)c(Cl)c2)c(F)c1. The van der Waals surface area contributed by atoms with Crippen molar-refractivity contribution in [2.45, 2.75) is 13.0 Å². The minimum Gasteiger partial charge on any atom is -0.505 e. The van der Waals surface area contributed by atoms with Crippen LogP contribution < -0.4 is 10.1 Å². The molecule has 2 aromatic carbocycles. The summed E-state index contributed by atoms with van der Waals surface area (Å²) in [6.07, 6.45) is 0. The number of nitrogens with one attached hydrogen (secondary N) is 1. The third kappa shape index (κ3) is 3.52. The average molecular weight is 330 g/mol. The number of benzene rings is 2. The van der Waals surface area contributed by atoms with Gasteiger partial charge in [0.1, 0.15) is 11.6 Å². The normalized spacial score (nSPS) is 12.0. The molecule has 2 N–H and O–H groups in total. The van der Waals surface area contributed by atoms with Crippen molar-refractivity contribution >= 4 is 28.9 Å². The molecule has 0 aliphatic heterocycles. The van der Waals surface area contributed by atoms with Gasteiger partial charge in [0, 0.05) is 17.3 Å². The van der Waals surface area contributed by atoms with E-state index in [9.17, 15) is 9.50 Å². The molecule has 2 rings (SSSR count). The Morgan fingerprint density at radius 1 is 1.19 bits per heavy atom. The summed E-state index contributed by atoms with van der Waals surface area (Å²) < 4.78 is 19.0. The third-order valence-corrected chi connectivity index (χ3v) is 3.65. The highest BCUT2D eigenvalue weighted by atomic mass is 35.5. The van der Waals surface area contributed by atoms with E-state index in [1.54, 1.807) is 19.1 Å². The zero-order chi connectivity index (χ0) is 15.6. The molecular weight excluding hydrogens is 316 g/mol. The van der Waals surface area contributed by atoms with Crippen molar-refractivity contribution in [1.82, 2.24) is 0 Å². The van der Waals surface area contributed by atoms with Crippen molar-refractivity contribution in [2.75, 3.05) is 12.4 Å². The number of phenolic OH excluding ortho intramolecular Hbond substituents is 1. The summed E-state index contributed by atoms with van der Waals surface area (Å²) in [4.78, 5) is 0. The van der Waals surface area contributed by atoms with Gasteiger partial charge < -0.3 is 15.2 Å². The Hall–Kier alpha value is -1.65. The molecule has 2 aromatic rings. The van der Waals surface area contributed by atoms with Crippen LogP contribution in [0.4, 0.5) is 10.1 Å². The minimum atomic E-state index is -0.370. The van der Waals surface area contributed by atoms with Crippen molar-refractivity contribution in [2.24, 2.45) is 0 Å². The fourth-order valence-corrected chi connectivity index (χ4v) is 2.45. The molecule has 0 aliphatic carbocycles.